The quantitative estimate of drug-likeness (QED) is 0.853. The zero-order chi connectivity index (χ0) is 17.2. The summed E-state index contributed by atoms with van der Waals surface area (Å²) in [5, 5.41) is 13.5. The Kier molecular flexibility index (Phi) is 4.85. The minimum Gasteiger partial charge on any atom is -0.354 e. The number of nitrogens with zero attached hydrogens (tertiary/aromatic N) is 5. The molecule has 134 valence electrons. The highest BCUT2D eigenvalue weighted by atomic mass is 32.1. The summed E-state index contributed by atoms with van der Waals surface area (Å²) < 4.78 is 0. The van der Waals surface area contributed by atoms with Crippen LogP contribution in [0.3, 0.4) is 0 Å². The predicted molar refractivity (Wildman–Crippen MR) is 103 cm³/mol. The third kappa shape index (κ3) is 3.77. The van der Waals surface area contributed by atoms with Crippen molar-refractivity contribution in [2.24, 2.45) is 5.92 Å². The van der Waals surface area contributed by atoms with Crippen molar-refractivity contribution in [2.75, 3.05) is 43.5 Å². The lowest BCUT2D eigenvalue weighted by Gasteiger charge is -2.40. The van der Waals surface area contributed by atoms with Crippen LogP contribution in [-0.2, 0) is 19.4 Å². The predicted octanol–water partition coefficient (Wildman–Crippen LogP) is 2.10. The third-order valence-electron chi connectivity index (χ3n) is 4.99. The molecule has 1 N–H and O–H groups in total. The topological polar surface area (TPSA) is 57.2 Å². The van der Waals surface area contributed by atoms with Crippen LogP contribution in [0, 0.1) is 5.92 Å². The van der Waals surface area contributed by atoms with Crippen molar-refractivity contribution < 1.29 is 0 Å². The number of hydrogen-bond acceptors (Lipinski definition) is 7. The number of aromatic nitrogens is 3. The minimum absolute atomic E-state index is 0.694. The van der Waals surface area contributed by atoms with Crippen LogP contribution in [0.15, 0.2) is 12.3 Å². The first kappa shape index (κ1) is 16.7. The lowest BCUT2D eigenvalue weighted by atomic mass is 9.95. The van der Waals surface area contributed by atoms with E-state index in [1.54, 1.807) is 11.3 Å². The number of anilines is 2. The first-order valence-corrected chi connectivity index (χ1v) is 9.94. The normalized spacial score (nSPS) is 17.3. The van der Waals surface area contributed by atoms with E-state index in [0.29, 0.717) is 5.92 Å². The maximum atomic E-state index is 4.45. The second-order valence-corrected chi connectivity index (χ2v) is 8.38. The van der Waals surface area contributed by atoms with E-state index in [0.717, 1.165) is 43.5 Å². The Hall–Kier alpha value is -1.73. The number of aryl methyl sites for hydroxylation is 2. The van der Waals surface area contributed by atoms with Crippen LogP contribution in [0.4, 0.5) is 10.9 Å². The maximum Gasteiger partial charge on any atom is 0.185 e. The van der Waals surface area contributed by atoms with Crippen molar-refractivity contribution in [2.45, 2.75) is 32.2 Å². The van der Waals surface area contributed by atoms with Gasteiger partial charge in [-0.3, -0.25) is 0 Å². The minimum atomic E-state index is 0.694. The number of fused-ring (bicyclic) bond motifs is 1. The van der Waals surface area contributed by atoms with E-state index in [4.69, 9.17) is 0 Å². The number of nitrogens with one attached hydrogen (secondary N) is 1. The molecule has 2 aliphatic rings. The average molecular weight is 359 g/mol. The highest BCUT2D eigenvalue weighted by Gasteiger charge is 2.28. The molecule has 7 heteroatoms. The Balaban J connectivity index is 1.22. The summed E-state index contributed by atoms with van der Waals surface area (Å²) in [4.78, 5) is 10.1. The Morgan fingerprint density at radius 3 is 2.88 bits per heavy atom. The molecule has 1 aliphatic heterocycles. The van der Waals surface area contributed by atoms with Gasteiger partial charge in [0.15, 0.2) is 10.9 Å². The van der Waals surface area contributed by atoms with Crippen molar-refractivity contribution in [3.8, 4) is 0 Å². The van der Waals surface area contributed by atoms with Gasteiger partial charge in [0.05, 0.1) is 5.69 Å². The molecule has 2 aromatic rings. The monoisotopic (exact) mass is 358 g/mol. The van der Waals surface area contributed by atoms with E-state index < -0.39 is 0 Å². The van der Waals surface area contributed by atoms with Gasteiger partial charge < -0.3 is 15.1 Å². The molecule has 0 atom stereocenters. The molecule has 0 saturated carbocycles. The summed E-state index contributed by atoms with van der Waals surface area (Å²) in [6.45, 7) is 4.10. The van der Waals surface area contributed by atoms with Crippen LogP contribution in [0.2, 0.25) is 0 Å². The molecule has 0 unspecified atom stereocenters. The molecule has 0 spiro atoms. The molecule has 0 radical (unpaired) electrons. The summed E-state index contributed by atoms with van der Waals surface area (Å²) in [6.07, 6.45) is 6.79. The lowest BCUT2D eigenvalue weighted by molar-refractivity contribution is 0.381. The summed E-state index contributed by atoms with van der Waals surface area (Å²) in [6, 6.07) is 2.27. The molecule has 1 fully saturated rings. The second-order valence-electron chi connectivity index (χ2n) is 7.29. The van der Waals surface area contributed by atoms with Gasteiger partial charge in [0, 0.05) is 57.3 Å². The van der Waals surface area contributed by atoms with Gasteiger partial charge in [0.2, 0.25) is 0 Å². The van der Waals surface area contributed by atoms with E-state index in [1.165, 1.54) is 35.4 Å². The van der Waals surface area contributed by atoms with Crippen molar-refractivity contribution in [1.29, 1.82) is 0 Å². The van der Waals surface area contributed by atoms with Crippen LogP contribution in [-0.4, -0.2) is 48.9 Å². The van der Waals surface area contributed by atoms with E-state index >= 15 is 0 Å². The highest BCUT2D eigenvalue weighted by Crippen LogP contribution is 2.26. The van der Waals surface area contributed by atoms with Gasteiger partial charge in [-0.05, 0) is 37.3 Å². The van der Waals surface area contributed by atoms with E-state index in [-0.39, 0.29) is 0 Å². The van der Waals surface area contributed by atoms with Gasteiger partial charge in [0.1, 0.15) is 0 Å². The Morgan fingerprint density at radius 2 is 2.08 bits per heavy atom. The van der Waals surface area contributed by atoms with Gasteiger partial charge in [-0.1, -0.05) is 0 Å². The molecule has 2 aromatic heterocycles. The van der Waals surface area contributed by atoms with Crippen LogP contribution in [0.25, 0.3) is 0 Å². The summed E-state index contributed by atoms with van der Waals surface area (Å²) >= 11 is 1.75. The third-order valence-corrected chi connectivity index (χ3v) is 6.16. The molecule has 0 aromatic carbocycles. The lowest BCUT2D eigenvalue weighted by Crippen LogP contribution is -2.51. The Morgan fingerprint density at radius 1 is 1.24 bits per heavy atom. The van der Waals surface area contributed by atoms with E-state index in [1.807, 2.05) is 20.3 Å². The highest BCUT2D eigenvalue weighted by molar-refractivity contribution is 7.15. The molecular weight excluding hydrogens is 332 g/mol. The Labute approximate surface area is 153 Å². The van der Waals surface area contributed by atoms with Crippen LogP contribution < -0.4 is 15.1 Å². The summed E-state index contributed by atoms with van der Waals surface area (Å²) in [5.41, 5.74) is 2.63. The zero-order valence-electron chi connectivity index (χ0n) is 15.0. The molecule has 25 heavy (non-hydrogen) atoms. The molecule has 1 saturated heterocycles. The van der Waals surface area contributed by atoms with Crippen molar-refractivity contribution in [3.05, 3.63) is 28.4 Å². The zero-order valence-corrected chi connectivity index (χ0v) is 15.8. The molecule has 3 heterocycles. The first-order valence-electron chi connectivity index (χ1n) is 9.12. The van der Waals surface area contributed by atoms with Gasteiger partial charge >= 0.3 is 0 Å². The molecule has 1 aliphatic carbocycles. The van der Waals surface area contributed by atoms with Crippen LogP contribution >= 0.6 is 11.3 Å². The first-order chi connectivity index (χ1) is 12.2. The molecule has 6 nitrogen and oxygen atoms in total. The van der Waals surface area contributed by atoms with Crippen molar-refractivity contribution >= 4 is 22.3 Å². The number of thiazole rings is 1. The summed E-state index contributed by atoms with van der Waals surface area (Å²) in [5.74, 6) is 1.76. The Bertz CT molecular complexity index is 722. The fraction of sp³-hybridized carbons (Fsp3) is 0.611. The van der Waals surface area contributed by atoms with Gasteiger partial charge in [-0.15, -0.1) is 16.4 Å². The van der Waals surface area contributed by atoms with Gasteiger partial charge in [-0.2, -0.15) is 5.10 Å². The number of rotatable bonds is 6. The molecule has 0 bridgehead atoms. The molecule has 4 rings (SSSR count). The second kappa shape index (κ2) is 7.25. The van der Waals surface area contributed by atoms with Crippen molar-refractivity contribution in [3.63, 3.8) is 0 Å². The van der Waals surface area contributed by atoms with Crippen LogP contribution in [0.5, 0.6) is 0 Å². The largest absolute Gasteiger partial charge is 0.354 e. The summed E-state index contributed by atoms with van der Waals surface area (Å²) in [7, 11) is 4.06. The smallest absolute Gasteiger partial charge is 0.185 e. The van der Waals surface area contributed by atoms with E-state index in [2.05, 4.69) is 36.4 Å². The SMILES string of the molecule is CN(C)c1ncc(CNCC2CN(c3cc4c(nn3)CCCC4)C2)s1. The van der Waals surface area contributed by atoms with Gasteiger partial charge in [-0.25, -0.2) is 4.98 Å². The molecular formula is C18H26N6S. The number of hydrogen-bond donors (Lipinski definition) is 1. The van der Waals surface area contributed by atoms with E-state index in [9.17, 15) is 0 Å². The fourth-order valence-electron chi connectivity index (χ4n) is 3.50. The maximum absolute atomic E-state index is 4.45. The van der Waals surface area contributed by atoms with Crippen molar-refractivity contribution in [1.82, 2.24) is 20.5 Å². The standard InChI is InChI=1S/C18H26N6S/c1-23(2)18-20-10-15(25-18)9-19-8-13-11-24(12-13)17-7-14-5-3-4-6-16(14)21-22-17/h7,10,13,19H,3-6,8-9,11-12H2,1-2H3. The molecule has 0 amide bonds. The van der Waals surface area contributed by atoms with Crippen LogP contribution in [0.1, 0.15) is 29.0 Å². The fourth-order valence-corrected chi connectivity index (χ4v) is 4.31. The average Bonchev–Trinajstić information content (AvgIpc) is 3.06. The van der Waals surface area contributed by atoms with Gasteiger partial charge in [0.25, 0.3) is 0 Å².